The molecule has 0 atom stereocenters. The van der Waals surface area contributed by atoms with Gasteiger partial charge < -0.3 is 0 Å². The van der Waals surface area contributed by atoms with Crippen molar-refractivity contribution in [2.24, 2.45) is 0 Å². The molecule has 7 aromatic carbocycles. The van der Waals surface area contributed by atoms with Gasteiger partial charge in [-0.15, -0.1) is 0 Å². The molecule has 0 N–H and O–H groups in total. The van der Waals surface area contributed by atoms with E-state index in [1.54, 1.807) is 0 Å². The van der Waals surface area contributed by atoms with E-state index in [-0.39, 0.29) is 0 Å². The lowest BCUT2D eigenvalue weighted by molar-refractivity contribution is 0.768. The average Bonchev–Trinajstić information content (AvgIpc) is 3.55. The fourth-order valence-electron chi connectivity index (χ4n) is 8.22. The third kappa shape index (κ3) is 5.09. The highest BCUT2D eigenvalue weighted by molar-refractivity contribution is 5.94. The lowest BCUT2D eigenvalue weighted by atomic mass is 9.67. The molecule has 0 radical (unpaired) electrons. The number of aromatic nitrogens is 3. The smallest absolute Gasteiger partial charge is 0.160 e. The van der Waals surface area contributed by atoms with Crippen LogP contribution in [0, 0.1) is 0 Å². The van der Waals surface area contributed by atoms with Crippen LogP contribution in [0.2, 0.25) is 0 Å². The Labute approximate surface area is 309 Å². The Kier molecular flexibility index (Phi) is 7.36. The zero-order valence-corrected chi connectivity index (χ0v) is 28.9. The predicted octanol–water partition coefficient (Wildman–Crippen LogP) is 12.1. The normalized spacial score (nSPS) is 12.7. The van der Waals surface area contributed by atoms with E-state index in [1.165, 1.54) is 44.5 Å². The summed E-state index contributed by atoms with van der Waals surface area (Å²) >= 11 is 0. The van der Waals surface area contributed by atoms with Crippen LogP contribution in [0.25, 0.3) is 67.1 Å². The van der Waals surface area contributed by atoms with E-state index < -0.39 is 5.41 Å². The van der Waals surface area contributed by atoms with Gasteiger partial charge in [-0.1, -0.05) is 176 Å². The number of rotatable bonds is 6. The van der Waals surface area contributed by atoms with E-state index in [4.69, 9.17) is 15.0 Å². The van der Waals surface area contributed by atoms with Crippen LogP contribution in [0.15, 0.2) is 200 Å². The third-order valence-electron chi connectivity index (χ3n) is 10.6. The highest BCUT2D eigenvalue weighted by Crippen LogP contribution is 2.56. The van der Waals surface area contributed by atoms with Crippen LogP contribution >= 0.6 is 0 Å². The summed E-state index contributed by atoms with van der Waals surface area (Å²) in [6, 6.07) is 69.0. The van der Waals surface area contributed by atoms with E-state index in [0.717, 1.165) is 39.0 Å². The quantitative estimate of drug-likeness (QED) is 0.176. The first-order valence-electron chi connectivity index (χ1n) is 18.0. The lowest BCUT2D eigenvalue weighted by Gasteiger charge is -2.34. The number of fused-ring (bicyclic) bond motifs is 4. The Morgan fingerprint density at radius 2 is 0.925 bits per heavy atom. The molecule has 0 aliphatic heterocycles. The Hall–Kier alpha value is -6.97. The van der Waals surface area contributed by atoms with Gasteiger partial charge in [0, 0.05) is 28.3 Å². The van der Waals surface area contributed by atoms with Gasteiger partial charge in [0.1, 0.15) is 0 Å². The lowest BCUT2D eigenvalue weighted by Crippen LogP contribution is -2.28. The predicted molar refractivity (Wildman–Crippen MR) is 216 cm³/mol. The molecule has 2 aromatic heterocycles. The molecule has 53 heavy (non-hydrogen) atoms. The molecule has 0 fully saturated rings. The monoisotopic (exact) mass is 675 g/mol. The van der Waals surface area contributed by atoms with Gasteiger partial charge in [-0.2, -0.15) is 0 Å². The maximum Gasteiger partial charge on any atom is 0.160 e. The Bertz CT molecular complexity index is 2710. The summed E-state index contributed by atoms with van der Waals surface area (Å²) < 4.78 is 0. The van der Waals surface area contributed by atoms with Crippen LogP contribution in [0.5, 0.6) is 0 Å². The van der Waals surface area contributed by atoms with E-state index in [0.29, 0.717) is 5.82 Å². The molecular weight excluding hydrogens is 643 g/mol. The van der Waals surface area contributed by atoms with E-state index in [1.807, 2.05) is 18.3 Å². The first-order chi connectivity index (χ1) is 26.3. The van der Waals surface area contributed by atoms with E-state index in [9.17, 15) is 0 Å². The molecule has 0 saturated carbocycles. The molecule has 0 bridgehead atoms. The minimum Gasteiger partial charge on any atom is -0.256 e. The second-order valence-corrected chi connectivity index (χ2v) is 13.6. The second-order valence-electron chi connectivity index (χ2n) is 13.6. The Balaban J connectivity index is 1.20. The molecule has 3 nitrogen and oxygen atoms in total. The molecule has 0 amide bonds. The zero-order valence-electron chi connectivity index (χ0n) is 28.9. The standard InChI is InChI=1S/C50H33N3/c1-4-14-34(15-5-1)35-25-27-36(28-26-35)46-33-47(43-23-12-16-37-17-13-31-51-48(37)43)53-49(52-46)38-29-30-42-41-22-10-11-24-44(41)50(45(42)32-38,39-18-6-2-7-19-39)40-20-8-3-9-21-40/h1-33H. The maximum absolute atomic E-state index is 5.33. The van der Waals surface area contributed by atoms with Crippen molar-refractivity contribution in [3.05, 3.63) is 223 Å². The maximum atomic E-state index is 5.33. The third-order valence-corrected chi connectivity index (χ3v) is 10.6. The highest BCUT2D eigenvalue weighted by Gasteiger charge is 2.46. The molecule has 1 aliphatic rings. The van der Waals surface area contributed by atoms with Gasteiger partial charge >= 0.3 is 0 Å². The van der Waals surface area contributed by atoms with Crippen LogP contribution in [0.4, 0.5) is 0 Å². The van der Waals surface area contributed by atoms with Gasteiger partial charge in [-0.3, -0.25) is 4.98 Å². The molecule has 3 heteroatoms. The van der Waals surface area contributed by atoms with Crippen LogP contribution in [-0.4, -0.2) is 15.0 Å². The summed E-state index contributed by atoms with van der Waals surface area (Å²) in [7, 11) is 0. The summed E-state index contributed by atoms with van der Waals surface area (Å²) in [6.45, 7) is 0. The number of pyridine rings is 1. The molecule has 0 spiro atoms. The molecule has 0 saturated heterocycles. The van der Waals surface area contributed by atoms with Crippen LogP contribution in [0.1, 0.15) is 22.3 Å². The average molecular weight is 676 g/mol. The minimum absolute atomic E-state index is 0.516. The van der Waals surface area contributed by atoms with Crippen LogP contribution in [0.3, 0.4) is 0 Å². The van der Waals surface area contributed by atoms with Crippen molar-refractivity contribution < 1.29 is 0 Å². The van der Waals surface area contributed by atoms with Crippen molar-refractivity contribution in [1.82, 2.24) is 15.0 Å². The Morgan fingerprint density at radius 1 is 0.358 bits per heavy atom. The topological polar surface area (TPSA) is 38.7 Å². The summed E-state index contributed by atoms with van der Waals surface area (Å²) in [5.74, 6) is 0.673. The first-order valence-corrected chi connectivity index (χ1v) is 18.0. The largest absolute Gasteiger partial charge is 0.256 e. The highest BCUT2D eigenvalue weighted by atomic mass is 14.9. The van der Waals surface area contributed by atoms with Gasteiger partial charge in [0.05, 0.1) is 22.3 Å². The molecule has 10 rings (SSSR count). The first kappa shape index (κ1) is 30.8. The number of benzene rings is 7. The summed E-state index contributed by atoms with van der Waals surface area (Å²) in [4.78, 5) is 15.5. The summed E-state index contributed by atoms with van der Waals surface area (Å²) in [5, 5.41) is 1.07. The van der Waals surface area contributed by atoms with Crippen molar-refractivity contribution in [3.8, 4) is 56.2 Å². The van der Waals surface area contributed by atoms with Gasteiger partial charge in [0.15, 0.2) is 5.82 Å². The summed E-state index contributed by atoms with van der Waals surface area (Å²) in [5.41, 5.74) is 14.8. The Morgan fingerprint density at radius 3 is 1.68 bits per heavy atom. The SMILES string of the molecule is c1ccc(-c2ccc(-c3cc(-c4cccc5cccnc45)nc(-c4ccc5c(c4)C(c4ccccc4)(c4ccccc4)c4ccccc4-5)n3)cc2)cc1. The van der Waals surface area contributed by atoms with Crippen molar-refractivity contribution in [2.75, 3.05) is 0 Å². The van der Waals surface area contributed by atoms with Crippen molar-refractivity contribution in [1.29, 1.82) is 0 Å². The number of hydrogen-bond donors (Lipinski definition) is 0. The van der Waals surface area contributed by atoms with E-state index >= 15 is 0 Å². The molecule has 248 valence electrons. The van der Waals surface area contributed by atoms with Crippen molar-refractivity contribution in [2.45, 2.75) is 5.41 Å². The molecular formula is C50H33N3. The minimum atomic E-state index is -0.516. The second kappa shape index (κ2) is 12.7. The molecule has 2 heterocycles. The fraction of sp³-hybridized carbons (Fsp3) is 0.0200. The van der Waals surface area contributed by atoms with Gasteiger partial charge in [0.25, 0.3) is 0 Å². The van der Waals surface area contributed by atoms with Crippen LogP contribution in [-0.2, 0) is 5.41 Å². The van der Waals surface area contributed by atoms with Crippen molar-refractivity contribution >= 4 is 10.9 Å². The number of hydrogen-bond acceptors (Lipinski definition) is 3. The fourth-order valence-corrected chi connectivity index (χ4v) is 8.22. The van der Waals surface area contributed by atoms with E-state index in [2.05, 4.69) is 182 Å². The van der Waals surface area contributed by atoms with Crippen molar-refractivity contribution in [3.63, 3.8) is 0 Å². The van der Waals surface area contributed by atoms with Gasteiger partial charge in [-0.05, 0) is 62.7 Å². The molecule has 1 aliphatic carbocycles. The van der Waals surface area contributed by atoms with Crippen LogP contribution < -0.4 is 0 Å². The molecule has 0 unspecified atom stereocenters. The number of nitrogens with zero attached hydrogens (tertiary/aromatic N) is 3. The zero-order chi connectivity index (χ0) is 35.2. The van der Waals surface area contributed by atoms with Gasteiger partial charge in [0.2, 0.25) is 0 Å². The summed E-state index contributed by atoms with van der Waals surface area (Å²) in [6.07, 6.45) is 1.85. The molecule has 9 aromatic rings. The number of para-hydroxylation sites is 1. The van der Waals surface area contributed by atoms with Gasteiger partial charge in [-0.25, -0.2) is 9.97 Å².